The van der Waals surface area contributed by atoms with E-state index < -0.39 is 0 Å². The zero-order valence-corrected chi connectivity index (χ0v) is 12.4. The van der Waals surface area contributed by atoms with Gasteiger partial charge in [-0.2, -0.15) is 0 Å². The topological polar surface area (TPSA) is 46.3 Å². The molecule has 1 amide bonds. The van der Waals surface area contributed by atoms with Gasteiger partial charge in [0.1, 0.15) is 0 Å². The maximum Gasteiger partial charge on any atom is 0.255 e. The Morgan fingerprint density at radius 2 is 1.94 bits per heavy atom. The van der Waals surface area contributed by atoms with Gasteiger partial charge in [0, 0.05) is 18.8 Å². The number of hydrogen-bond donors (Lipinski definition) is 1. The fourth-order valence-corrected chi connectivity index (χ4v) is 1.85. The van der Waals surface area contributed by atoms with Crippen LogP contribution in [0.15, 0.2) is 18.2 Å². The zero-order valence-electron chi connectivity index (χ0n) is 11.6. The molecule has 4 heteroatoms. The summed E-state index contributed by atoms with van der Waals surface area (Å²) in [5, 5.41) is 0.433. The lowest BCUT2D eigenvalue weighted by molar-refractivity contribution is 0.0629. The van der Waals surface area contributed by atoms with E-state index in [1.807, 2.05) is 6.92 Å². The number of anilines is 1. The van der Waals surface area contributed by atoms with Crippen molar-refractivity contribution in [3.63, 3.8) is 0 Å². The monoisotopic (exact) mass is 268 g/mol. The maximum absolute atomic E-state index is 12.4. The van der Waals surface area contributed by atoms with Crippen LogP contribution in [0.3, 0.4) is 0 Å². The summed E-state index contributed by atoms with van der Waals surface area (Å²) in [5.74, 6) is -0.102. The molecule has 0 heterocycles. The van der Waals surface area contributed by atoms with Gasteiger partial charge in [-0.15, -0.1) is 0 Å². The van der Waals surface area contributed by atoms with Gasteiger partial charge in [0.05, 0.1) is 10.6 Å². The second-order valence-corrected chi connectivity index (χ2v) is 6.10. The normalized spacial score (nSPS) is 13.2. The van der Waals surface area contributed by atoms with Crippen LogP contribution in [0.5, 0.6) is 0 Å². The van der Waals surface area contributed by atoms with Gasteiger partial charge in [0.2, 0.25) is 0 Å². The summed E-state index contributed by atoms with van der Waals surface area (Å²) in [7, 11) is 1.79. The van der Waals surface area contributed by atoms with Crippen LogP contribution >= 0.6 is 11.6 Å². The highest BCUT2D eigenvalue weighted by Gasteiger charge is 2.28. The van der Waals surface area contributed by atoms with E-state index in [1.165, 1.54) is 0 Å². The first-order valence-electron chi connectivity index (χ1n) is 5.96. The van der Waals surface area contributed by atoms with E-state index in [0.29, 0.717) is 16.3 Å². The number of nitrogens with zero attached hydrogens (tertiary/aromatic N) is 1. The zero-order chi connectivity index (χ0) is 14.1. The van der Waals surface area contributed by atoms with Crippen molar-refractivity contribution in [1.82, 2.24) is 4.90 Å². The number of halogens is 1. The molecule has 1 aromatic carbocycles. The fourth-order valence-electron chi connectivity index (χ4n) is 1.65. The quantitative estimate of drug-likeness (QED) is 0.836. The van der Waals surface area contributed by atoms with E-state index in [0.717, 1.165) is 0 Å². The Morgan fingerprint density at radius 3 is 2.44 bits per heavy atom. The second kappa shape index (κ2) is 5.19. The molecule has 0 aliphatic rings. The Morgan fingerprint density at radius 1 is 1.39 bits per heavy atom. The smallest absolute Gasteiger partial charge is 0.255 e. The molecule has 0 aromatic heterocycles. The Balaban J connectivity index is 3.04. The van der Waals surface area contributed by atoms with Crippen LogP contribution in [0.25, 0.3) is 0 Å². The minimum atomic E-state index is -0.102. The van der Waals surface area contributed by atoms with Gasteiger partial charge in [-0.3, -0.25) is 4.79 Å². The molecule has 2 N–H and O–H groups in total. The van der Waals surface area contributed by atoms with Gasteiger partial charge in [0.25, 0.3) is 5.91 Å². The summed E-state index contributed by atoms with van der Waals surface area (Å²) in [6, 6.07) is 5.06. The first-order chi connectivity index (χ1) is 8.14. The highest BCUT2D eigenvalue weighted by molar-refractivity contribution is 6.34. The third kappa shape index (κ3) is 3.16. The first kappa shape index (κ1) is 14.8. The fraction of sp³-hybridized carbons (Fsp3) is 0.500. The summed E-state index contributed by atoms with van der Waals surface area (Å²) in [5.41, 5.74) is 6.70. The lowest BCUT2D eigenvalue weighted by atomic mass is 9.87. The third-order valence-corrected chi connectivity index (χ3v) is 3.71. The van der Waals surface area contributed by atoms with E-state index in [9.17, 15) is 4.79 Å². The van der Waals surface area contributed by atoms with Crippen molar-refractivity contribution in [1.29, 1.82) is 0 Å². The molecule has 0 saturated carbocycles. The highest BCUT2D eigenvalue weighted by atomic mass is 35.5. The average Bonchev–Trinajstić information content (AvgIpc) is 2.28. The number of nitrogen functional groups attached to an aromatic ring is 1. The van der Waals surface area contributed by atoms with Crippen LogP contribution in [-0.4, -0.2) is 23.9 Å². The van der Waals surface area contributed by atoms with Crippen LogP contribution in [-0.2, 0) is 0 Å². The van der Waals surface area contributed by atoms with Crippen LogP contribution in [0, 0.1) is 5.41 Å². The molecule has 100 valence electrons. The number of hydrogen-bond acceptors (Lipinski definition) is 2. The largest absolute Gasteiger partial charge is 0.399 e. The minimum absolute atomic E-state index is 0.0111. The number of carbonyl (C=O) groups is 1. The number of benzene rings is 1. The Kier molecular flexibility index (Phi) is 4.28. The van der Waals surface area contributed by atoms with Gasteiger partial charge in [-0.05, 0) is 30.5 Å². The molecular weight excluding hydrogens is 248 g/mol. The number of amides is 1. The predicted molar refractivity (Wildman–Crippen MR) is 76.9 cm³/mol. The molecule has 0 spiro atoms. The van der Waals surface area contributed by atoms with Crippen molar-refractivity contribution in [3.05, 3.63) is 28.8 Å². The van der Waals surface area contributed by atoms with Crippen molar-refractivity contribution in [2.75, 3.05) is 12.8 Å². The number of nitrogens with two attached hydrogens (primary N) is 1. The molecule has 0 radical (unpaired) electrons. The molecule has 18 heavy (non-hydrogen) atoms. The van der Waals surface area contributed by atoms with Crippen LogP contribution in [0.4, 0.5) is 5.69 Å². The third-order valence-electron chi connectivity index (χ3n) is 3.38. The van der Waals surface area contributed by atoms with Crippen molar-refractivity contribution in [2.24, 2.45) is 5.41 Å². The molecule has 1 aromatic rings. The van der Waals surface area contributed by atoms with Crippen LogP contribution in [0.1, 0.15) is 38.1 Å². The molecule has 0 saturated heterocycles. The second-order valence-electron chi connectivity index (χ2n) is 5.70. The molecule has 0 aliphatic carbocycles. The molecule has 0 aliphatic heterocycles. The summed E-state index contributed by atoms with van der Waals surface area (Å²) in [6.45, 7) is 8.32. The number of carbonyl (C=O) groups excluding carboxylic acids is 1. The van der Waals surface area contributed by atoms with Crippen molar-refractivity contribution in [2.45, 2.75) is 33.7 Å². The highest BCUT2D eigenvalue weighted by Crippen LogP contribution is 2.26. The minimum Gasteiger partial charge on any atom is -0.399 e. The van der Waals surface area contributed by atoms with Crippen molar-refractivity contribution >= 4 is 23.2 Å². The molecule has 0 fully saturated rings. The standard InChI is InChI=1S/C14H21ClN2O/c1-9(14(2,3)4)17(5)13(18)11-8-10(16)6-7-12(11)15/h6-9H,16H2,1-5H3. The van der Waals surface area contributed by atoms with Gasteiger partial charge < -0.3 is 10.6 Å². The van der Waals surface area contributed by atoms with Gasteiger partial charge in [-0.25, -0.2) is 0 Å². The van der Waals surface area contributed by atoms with Crippen molar-refractivity contribution < 1.29 is 4.79 Å². The Bertz CT molecular complexity index is 452. The molecule has 0 bridgehead atoms. The summed E-state index contributed by atoms with van der Waals surface area (Å²) in [4.78, 5) is 14.1. The molecule has 1 unspecified atom stereocenters. The Labute approximate surface area is 114 Å². The average molecular weight is 269 g/mol. The van der Waals surface area contributed by atoms with Crippen molar-refractivity contribution in [3.8, 4) is 0 Å². The maximum atomic E-state index is 12.4. The molecule has 3 nitrogen and oxygen atoms in total. The molecule has 1 rings (SSSR count). The predicted octanol–water partition coefficient (Wildman–Crippen LogP) is 3.43. The molecule has 1 atom stereocenters. The van der Waals surface area contributed by atoms with E-state index in [1.54, 1.807) is 30.1 Å². The van der Waals surface area contributed by atoms with E-state index in [4.69, 9.17) is 17.3 Å². The van der Waals surface area contributed by atoms with Crippen LogP contribution in [0.2, 0.25) is 5.02 Å². The van der Waals surface area contributed by atoms with Gasteiger partial charge >= 0.3 is 0 Å². The van der Waals surface area contributed by atoms with E-state index in [2.05, 4.69) is 20.8 Å². The number of rotatable bonds is 2. The van der Waals surface area contributed by atoms with E-state index >= 15 is 0 Å². The lowest BCUT2D eigenvalue weighted by Gasteiger charge is -2.35. The Hall–Kier alpha value is -1.22. The SMILES string of the molecule is CC(N(C)C(=O)c1cc(N)ccc1Cl)C(C)(C)C. The summed E-state index contributed by atoms with van der Waals surface area (Å²) >= 11 is 6.05. The van der Waals surface area contributed by atoms with Gasteiger partial charge in [0.15, 0.2) is 0 Å². The summed E-state index contributed by atoms with van der Waals surface area (Å²) in [6.07, 6.45) is 0. The molecular formula is C14H21ClN2O. The van der Waals surface area contributed by atoms with Gasteiger partial charge in [-0.1, -0.05) is 32.4 Å². The lowest BCUT2D eigenvalue weighted by Crippen LogP contribution is -2.43. The van der Waals surface area contributed by atoms with Crippen LogP contribution < -0.4 is 5.73 Å². The summed E-state index contributed by atoms with van der Waals surface area (Å²) < 4.78 is 0. The van der Waals surface area contributed by atoms with E-state index in [-0.39, 0.29) is 17.4 Å². The first-order valence-corrected chi connectivity index (χ1v) is 6.34.